The lowest BCUT2D eigenvalue weighted by atomic mass is 9.97. The molecule has 4 N–H and O–H groups in total. The van der Waals surface area contributed by atoms with Crippen LogP contribution in [0.2, 0.25) is 0 Å². The van der Waals surface area contributed by atoms with E-state index in [4.69, 9.17) is 10.5 Å². The van der Waals surface area contributed by atoms with Crippen LogP contribution in [0.3, 0.4) is 0 Å². The number of thiazole rings is 1. The predicted molar refractivity (Wildman–Crippen MR) is 120 cm³/mol. The molecule has 0 aromatic carbocycles. The third-order valence-electron chi connectivity index (χ3n) is 5.62. The van der Waals surface area contributed by atoms with Crippen molar-refractivity contribution in [3.63, 3.8) is 0 Å². The number of anilines is 1. The smallest absolute Gasteiger partial charge is 0.411 e. The van der Waals surface area contributed by atoms with Crippen LogP contribution < -0.4 is 11.1 Å². The fourth-order valence-electron chi connectivity index (χ4n) is 3.95. The summed E-state index contributed by atoms with van der Waals surface area (Å²) in [5.74, 6) is -1.95. The highest BCUT2D eigenvalue weighted by molar-refractivity contribution is 8.00. The molecule has 4 heterocycles. The SMILES string of the molecule is CN1CCN(C(=O)OCC2C(=O)N3C(C(=O)O)=CCSC23)C(NC(=O)Cc2csc(N)n2)C1. The Morgan fingerprint density at radius 1 is 1.36 bits per heavy atom. The van der Waals surface area contributed by atoms with Gasteiger partial charge in [0.25, 0.3) is 0 Å². The molecule has 178 valence electrons. The molecule has 3 aliphatic heterocycles. The van der Waals surface area contributed by atoms with Crippen molar-refractivity contribution < 1.29 is 29.0 Å². The maximum Gasteiger partial charge on any atom is 0.411 e. The molecule has 0 bridgehead atoms. The number of nitrogens with two attached hydrogens (primary N) is 1. The van der Waals surface area contributed by atoms with E-state index in [0.29, 0.717) is 36.2 Å². The number of likely N-dealkylation sites (N-methyl/N-ethyl adjacent to an activating group) is 1. The van der Waals surface area contributed by atoms with Crippen molar-refractivity contribution in [3.05, 3.63) is 22.8 Å². The first-order valence-corrected chi connectivity index (χ1v) is 12.2. The maximum atomic E-state index is 12.8. The number of carboxylic acids is 1. The highest BCUT2D eigenvalue weighted by atomic mass is 32.2. The molecule has 4 rings (SSSR count). The Labute approximate surface area is 197 Å². The van der Waals surface area contributed by atoms with E-state index >= 15 is 0 Å². The monoisotopic (exact) mass is 496 g/mol. The van der Waals surface area contributed by atoms with E-state index in [2.05, 4.69) is 10.3 Å². The van der Waals surface area contributed by atoms with Gasteiger partial charge in [0.05, 0.1) is 17.5 Å². The Morgan fingerprint density at radius 3 is 2.85 bits per heavy atom. The number of nitrogens with zero attached hydrogens (tertiary/aromatic N) is 4. The van der Waals surface area contributed by atoms with Crippen LogP contribution in [-0.4, -0.2) is 99.2 Å². The lowest BCUT2D eigenvalue weighted by Crippen LogP contribution is -2.63. The average molecular weight is 497 g/mol. The van der Waals surface area contributed by atoms with Crippen LogP contribution in [0.5, 0.6) is 0 Å². The van der Waals surface area contributed by atoms with E-state index in [9.17, 15) is 24.3 Å². The molecule has 33 heavy (non-hydrogen) atoms. The molecule has 3 amide bonds. The first kappa shape index (κ1) is 23.3. The zero-order valence-corrected chi connectivity index (χ0v) is 19.4. The quantitative estimate of drug-likeness (QED) is 0.442. The second-order valence-corrected chi connectivity index (χ2v) is 9.94. The van der Waals surface area contributed by atoms with Gasteiger partial charge in [-0.1, -0.05) is 0 Å². The van der Waals surface area contributed by atoms with Gasteiger partial charge >= 0.3 is 12.1 Å². The van der Waals surface area contributed by atoms with Crippen LogP contribution in [0, 0.1) is 5.92 Å². The Morgan fingerprint density at radius 2 is 2.15 bits per heavy atom. The van der Waals surface area contributed by atoms with Gasteiger partial charge in [-0.2, -0.15) is 0 Å². The lowest BCUT2D eigenvalue weighted by molar-refractivity contribution is -0.154. The zero-order chi connectivity index (χ0) is 23.7. The van der Waals surface area contributed by atoms with E-state index < -0.39 is 24.1 Å². The number of β-lactam (4-membered cyclic amide) rings is 1. The number of hydrogen-bond donors (Lipinski definition) is 3. The number of hydrogen-bond acceptors (Lipinski definition) is 10. The molecule has 0 saturated carbocycles. The number of aliphatic carboxylic acids is 1. The van der Waals surface area contributed by atoms with E-state index in [1.165, 1.54) is 39.0 Å². The van der Waals surface area contributed by atoms with Crippen LogP contribution in [0.25, 0.3) is 0 Å². The first-order chi connectivity index (χ1) is 15.7. The highest BCUT2D eigenvalue weighted by Crippen LogP contribution is 2.41. The molecular formula is C19H24N6O6S2. The largest absolute Gasteiger partial charge is 0.477 e. The summed E-state index contributed by atoms with van der Waals surface area (Å²) in [5, 5.41) is 13.8. The number of aromatic nitrogens is 1. The van der Waals surface area contributed by atoms with Crippen LogP contribution in [0.15, 0.2) is 17.2 Å². The van der Waals surface area contributed by atoms with Crippen molar-refractivity contribution in [2.24, 2.45) is 5.92 Å². The number of thioether (sulfide) groups is 1. The third-order valence-corrected chi connectivity index (χ3v) is 7.58. The van der Waals surface area contributed by atoms with Crippen molar-refractivity contribution in [1.29, 1.82) is 0 Å². The van der Waals surface area contributed by atoms with E-state index in [1.807, 2.05) is 11.9 Å². The summed E-state index contributed by atoms with van der Waals surface area (Å²) in [6, 6.07) is 0. The number of nitrogens with one attached hydrogen (secondary N) is 1. The number of amides is 3. The van der Waals surface area contributed by atoms with Gasteiger partial charge < -0.3 is 25.8 Å². The Bertz CT molecular complexity index is 999. The number of carbonyl (C=O) groups is 4. The topological polar surface area (TPSA) is 158 Å². The summed E-state index contributed by atoms with van der Waals surface area (Å²) >= 11 is 2.68. The van der Waals surface area contributed by atoms with Crippen molar-refractivity contribution >= 4 is 52.1 Å². The third kappa shape index (κ3) is 4.91. The Balaban J connectivity index is 1.33. The minimum absolute atomic E-state index is 0.0324. The standard InChI is InChI=1S/C19H24N6O6S2/c1-23-3-4-24(13(7-23)22-14(26)6-10-9-33-18(20)21-10)19(30)31-8-11-15(27)25-12(17(28)29)2-5-32-16(11)25/h2,9,11,13,16H,3-8H2,1H3,(H2,20,21)(H,22,26)(H,28,29). The van der Waals surface area contributed by atoms with E-state index in [-0.39, 0.29) is 35.9 Å². The summed E-state index contributed by atoms with van der Waals surface area (Å²) in [6.45, 7) is 1.22. The summed E-state index contributed by atoms with van der Waals surface area (Å²) in [5.41, 5.74) is 6.13. The summed E-state index contributed by atoms with van der Waals surface area (Å²) in [6.07, 6.45) is 0.314. The first-order valence-electron chi connectivity index (χ1n) is 10.2. The molecule has 0 radical (unpaired) electrons. The number of nitrogen functional groups attached to an aromatic ring is 1. The normalized spacial score (nSPS) is 25.1. The lowest BCUT2D eigenvalue weighted by Gasteiger charge is -2.48. The van der Waals surface area contributed by atoms with Crippen LogP contribution in [-0.2, 0) is 25.5 Å². The van der Waals surface area contributed by atoms with Gasteiger partial charge in [-0.15, -0.1) is 23.1 Å². The Kier molecular flexibility index (Phi) is 6.76. The average Bonchev–Trinajstić information content (AvgIpc) is 3.17. The predicted octanol–water partition coefficient (Wildman–Crippen LogP) is -0.406. The van der Waals surface area contributed by atoms with Gasteiger partial charge in [-0.05, 0) is 13.1 Å². The number of rotatable bonds is 6. The molecule has 14 heteroatoms. The minimum Gasteiger partial charge on any atom is -0.477 e. The van der Waals surface area contributed by atoms with Crippen molar-refractivity contribution in [2.75, 3.05) is 44.8 Å². The second kappa shape index (κ2) is 9.57. The number of ether oxygens (including phenoxy) is 1. The van der Waals surface area contributed by atoms with Gasteiger partial charge in [-0.3, -0.25) is 19.4 Å². The molecule has 2 fully saturated rings. The minimum atomic E-state index is -1.15. The molecule has 0 aliphatic carbocycles. The molecule has 1 aromatic rings. The van der Waals surface area contributed by atoms with Crippen molar-refractivity contribution in [2.45, 2.75) is 18.0 Å². The number of carboxylic acid groups (broad SMARTS) is 1. The molecule has 0 spiro atoms. The summed E-state index contributed by atoms with van der Waals surface area (Å²) in [4.78, 5) is 57.8. The van der Waals surface area contributed by atoms with Crippen LogP contribution in [0.4, 0.5) is 9.93 Å². The van der Waals surface area contributed by atoms with E-state index in [1.54, 1.807) is 5.38 Å². The van der Waals surface area contributed by atoms with Crippen LogP contribution in [0.1, 0.15) is 5.69 Å². The zero-order valence-electron chi connectivity index (χ0n) is 17.8. The van der Waals surface area contributed by atoms with E-state index in [0.717, 1.165) is 0 Å². The Hall–Kier alpha value is -2.84. The second-order valence-electron chi connectivity index (χ2n) is 7.90. The molecule has 3 aliphatic rings. The van der Waals surface area contributed by atoms with Gasteiger partial charge in [-0.25, -0.2) is 14.6 Å². The van der Waals surface area contributed by atoms with Crippen molar-refractivity contribution in [1.82, 2.24) is 25.0 Å². The van der Waals surface area contributed by atoms with Gasteiger partial charge in [0.15, 0.2) is 5.13 Å². The maximum absolute atomic E-state index is 12.8. The number of piperazine rings is 1. The van der Waals surface area contributed by atoms with Crippen LogP contribution >= 0.6 is 23.1 Å². The van der Waals surface area contributed by atoms with Crippen molar-refractivity contribution in [3.8, 4) is 0 Å². The summed E-state index contributed by atoms with van der Waals surface area (Å²) in [7, 11) is 1.89. The number of carbonyl (C=O) groups excluding carboxylic acids is 3. The molecule has 3 unspecified atom stereocenters. The molecule has 2 saturated heterocycles. The molecular weight excluding hydrogens is 472 g/mol. The fourth-order valence-corrected chi connectivity index (χ4v) is 5.76. The molecule has 3 atom stereocenters. The molecule has 12 nitrogen and oxygen atoms in total. The summed E-state index contributed by atoms with van der Waals surface area (Å²) < 4.78 is 5.43. The fraction of sp³-hybridized carbons (Fsp3) is 0.526. The highest BCUT2D eigenvalue weighted by Gasteiger charge is 2.52. The van der Waals surface area contributed by atoms with Gasteiger partial charge in [0, 0.05) is 30.8 Å². The molecule has 1 aromatic heterocycles. The van der Waals surface area contributed by atoms with Gasteiger partial charge in [0.2, 0.25) is 11.8 Å². The number of fused-ring (bicyclic) bond motifs is 1. The van der Waals surface area contributed by atoms with Gasteiger partial charge in [0.1, 0.15) is 24.4 Å².